The molecule has 13 heavy (non-hydrogen) atoms. The first-order valence-electron chi connectivity index (χ1n) is 3.60. The van der Waals surface area contributed by atoms with Gasteiger partial charge in [-0.05, 0) is 18.1 Å². The highest BCUT2D eigenvalue weighted by Gasteiger charge is 1.98. The van der Waals surface area contributed by atoms with Crippen molar-refractivity contribution in [1.82, 2.24) is 14.6 Å². The van der Waals surface area contributed by atoms with E-state index in [0.717, 1.165) is 5.65 Å². The van der Waals surface area contributed by atoms with Crippen LogP contribution >= 0.6 is 0 Å². The Labute approximate surface area is 74.4 Å². The van der Waals surface area contributed by atoms with Gasteiger partial charge in [-0.2, -0.15) is 10.4 Å². The lowest BCUT2D eigenvalue weighted by Crippen LogP contribution is -1.91. The smallest absolute Gasteiger partial charge is 0.154 e. The Hall–Kier alpha value is -2.33. The van der Waals surface area contributed by atoms with E-state index in [1.165, 1.54) is 0 Å². The predicted octanol–water partition coefficient (Wildman–Crippen LogP) is 0.604. The van der Waals surface area contributed by atoms with E-state index in [1.807, 2.05) is 6.07 Å². The molecule has 0 aliphatic heterocycles. The van der Waals surface area contributed by atoms with Crippen LogP contribution in [0.1, 0.15) is 5.69 Å². The standard InChI is InChI=1S/C9H4N4/c10-5-1-3-8-7-11-9-4-2-6-12-13(8)9/h2,4,6-7H. The van der Waals surface area contributed by atoms with E-state index < -0.39 is 0 Å². The Balaban J connectivity index is 2.66. The lowest BCUT2D eigenvalue weighted by atomic mass is 10.5. The molecule has 2 heterocycles. The zero-order valence-electron chi connectivity index (χ0n) is 6.60. The van der Waals surface area contributed by atoms with Crippen LogP contribution in [0.3, 0.4) is 0 Å². The van der Waals surface area contributed by atoms with Crippen LogP contribution in [0.15, 0.2) is 24.5 Å². The highest BCUT2D eigenvalue weighted by molar-refractivity contribution is 5.43. The molecule has 4 nitrogen and oxygen atoms in total. The number of rotatable bonds is 0. The minimum absolute atomic E-state index is 0.622. The monoisotopic (exact) mass is 168 g/mol. The molecule has 0 atom stereocenters. The normalized spacial score (nSPS) is 8.85. The van der Waals surface area contributed by atoms with Crippen molar-refractivity contribution in [3.8, 4) is 17.9 Å². The van der Waals surface area contributed by atoms with Crippen LogP contribution in [0.25, 0.3) is 5.65 Å². The largest absolute Gasteiger partial charge is 0.234 e. The molecule has 0 N–H and O–H groups in total. The summed E-state index contributed by atoms with van der Waals surface area (Å²) >= 11 is 0. The molecule has 2 rings (SSSR count). The van der Waals surface area contributed by atoms with Gasteiger partial charge in [-0.15, -0.1) is 0 Å². The van der Waals surface area contributed by atoms with Crippen molar-refractivity contribution in [3.05, 3.63) is 30.2 Å². The molecule has 60 valence electrons. The summed E-state index contributed by atoms with van der Waals surface area (Å²) in [7, 11) is 0. The lowest BCUT2D eigenvalue weighted by molar-refractivity contribution is 0.923. The molecular formula is C9H4N4. The van der Waals surface area contributed by atoms with E-state index in [4.69, 9.17) is 5.26 Å². The van der Waals surface area contributed by atoms with E-state index in [2.05, 4.69) is 21.9 Å². The highest BCUT2D eigenvalue weighted by Crippen LogP contribution is 2.01. The van der Waals surface area contributed by atoms with Crippen LogP contribution in [-0.2, 0) is 0 Å². The van der Waals surface area contributed by atoms with Crippen LogP contribution in [0.2, 0.25) is 0 Å². The van der Waals surface area contributed by atoms with Gasteiger partial charge in [0.2, 0.25) is 0 Å². The molecule has 4 heteroatoms. The summed E-state index contributed by atoms with van der Waals surface area (Å²) in [5, 5.41) is 12.3. The van der Waals surface area contributed by atoms with E-state index in [9.17, 15) is 0 Å². The van der Waals surface area contributed by atoms with Crippen molar-refractivity contribution in [3.63, 3.8) is 0 Å². The van der Waals surface area contributed by atoms with Crippen LogP contribution in [-0.4, -0.2) is 14.6 Å². The van der Waals surface area contributed by atoms with Crippen molar-refractivity contribution in [2.24, 2.45) is 0 Å². The van der Waals surface area contributed by atoms with Gasteiger partial charge in [0.25, 0.3) is 0 Å². The summed E-state index contributed by atoms with van der Waals surface area (Å²) in [4.78, 5) is 4.06. The summed E-state index contributed by atoms with van der Waals surface area (Å²) in [6.45, 7) is 0. The second-order valence-corrected chi connectivity index (χ2v) is 2.30. The Kier molecular flexibility index (Phi) is 1.67. The first-order chi connectivity index (χ1) is 6.42. The fourth-order valence-corrected chi connectivity index (χ4v) is 1.01. The predicted molar refractivity (Wildman–Crippen MR) is 45.5 cm³/mol. The number of hydrogen-bond donors (Lipinski definition) is 0. The van der Waals surface area contributed by atoms with Gasteiger partial charge >= 0.3 is 0 Å². The lowest BCUT2D eigenvalue weighted by Gasteiger charge is -1.89. The van der Waals surface area contributed by atoms with Crippen LogP contribution in [0.5, 0.6) is 0 Å². The van der Waals surface area contributed by atoms with Crippen molar-refractivity contribution < 1.29 is 0 Å². The molecule has 0 unspecified atom stereocenters. The molecule has 0 saturated heterocycles. The maximum Gasteiger partial charge on any atom is 0.154 e. The molecule has 2 aromatic rings. The Bertz CT molecular complexity index is 536. The number of aromatic nitrogens is 3. The number of hydrogen-bond acceptors (Lipinski definition) is 3. The van der Waals surface area contributed by atoms with Crippen molar-refractivity contribution >= 4 is 5.65 Å². The summed E-state index contributed by atoms with van der Waals surface area (Å²) in [6, 6.07) is 5.36. The average Bonchev–Trinajstić information content (AvgIpc) is 2.58. The Morgan fingerprint density at radius 2 is 2.38 bits per heavy atom. The maximum atomic E-state index is 8.26. The van der Waals surface area contributed by atoms with Crippen LogP contribution in [0, 0.1) is 23.2 Å². The van der Waals surface area contributed by atoms with Crippen LogP contribution in [0.4, 0.5) is 0 Å². The van der Waals surface area contributed by atoms with Gasteiger partial charge < -0.3 is 0 Å². The fourth-order valence-electron chi connectivity index (χ4n) is 1.01. The molecule has 0 radical (unpaired) electrons. The third-order valence-electron chi connectivity index (χ3n) is 1.52. The number of imidazole rings is 1. The van der Waals surface area contributed by atoms with Crippen molar-refractivity contribution in [2.45, 2.75) is 0 Å². The second-order valence-electron chi connectivity index (χ2n) is 2.30. The molecule has 2 aromatic heterocycles. The molecule has 0 aliphatic rings. The average molecular weight is 168 g/mol. The third-order valence-corrected chi connectivity index (χ3v) is 1.52. The van der Waals surface area contributed by atoms with Gasteiger partial charge in [0.05, 0.1) is 6.20 Å². The summed E-state index contributed by atoms with van der Waals surface area (Å²) in [5.74, 6) is 4.94. The molecule has 0 saturated carbocycles. The van der Waals surface area contributed by atoms with Crippen molar-refractivity contribution in [1.29, 1.82) is 5.26 Å². The van der Waals surface area contributed by atoms with Crippen molar-refractivity contribution in [2.75, 3.05) is 0 Å². The fraction of sp³-hybridized carbons (Fsp3) is 0. The number of fused-ring (bicyclic) bond motifs is 1. The SMILES string of the molecule is N#CC#Cc1cnc2cccnn12. The molecule has 0 spiro atoms. The maximum absolute atomic E-state index is 8.26. The molecule has 0 bridgehead atoms. The molecule has 0 aromatic carbocycles. The third kappa shape index (κ3) is 1.21. The van der Waals surface area contributed by atoms with E-state index >= 15 is 0 Å². The van der Waals surface area contributed by atoms with Gasteiger partial charge in [-0.3, -0.25) is 0 Å². The van der Waals surface area contributed by atoms with Gasteiger partial charge in [-0.1, -0.05) is 0 Å². The quantitative estimate of drug-likeness (QED) is 0.541. The molecule has 0 fully saturated rings. The van der Waals surface area contributed by atoms with Gasteiger partial charge in [-0.25, -0.2) is 9.50 Å². The number of nitrogens with zero attached hydrogens (tertiary/aromatic N) is 4. The first-order valence-corrected chi connectivity index (χ1v) is 3.60. The first kappa shape index (κ1) is 7.33. The van der Waals surface area contributed by atoms with Crippen LogP contribution < -0.4 is 0 Å². The Morgan fingerprint density at radius 1 is 1.46 bits per heavy atom. The van der Waals surface area contributed by atoms with Gasteiger partial charge in [0, 0.05) is 12.1 Å². The van der Waals surface area contributed by atoms with E-state index in [0.29, 0.717) is 5.69 Å². The molecular weight excluding hydrogens is 164 g/mol. The van der Waals surface area contributed by atoms with Gasteiger partial charge in [0.15, 0.2) is 11.7 Å². The van der Waals surface area contributed by atoms with E-state index in [-0.39, 0.29) is 0 Å². The Morgan fingerprint density at radius 3 is 3.23 bits per heavy atom. The zero-order valence-corrected chi connectivity index (χ0v) is 6.60. The minimum atomic E-state index is 0.622. The molecule has 0 amide bonds. The number of nitriles is 1. The topological polar surface area (TPSA) is 54.0 Å². The second kappa shape index (κ2) is 2.96. The molecule has 0 aliphatic carbocycles. The summed E-state index contributed by atoms with van der Waals surface area (Å²) in [5.41, 5.74) is 1.35. The summed E-state index contributed by atoms with van der Waals surface area (Å²) in [6.07, 6.45) is 3.24. The zero-order chi connectivity index (χ0) is 9.10. The minimum Gasteiger partial charge on any atom is -0.234 e. The highest BCUT2D eigenvalue weighted by atomic mass is 15.2. The van der Waals surface area contributed by atoms with E-state index in [1.54, 1.807) is 29.0 Å². The summed E-state index contributed by atoms with van der Waals surface area (Å²) < 4.78 is 1.59. The van der Waals surface area contributed by atoms with Gasteiger partial charge in [0.1, 0.15) is 5.69 Å².